The minimum atomic E-state index is -0.582. The molecule has 0 radical (unpaired) electrons. The summed E-state index contributed by atoms with van der Waals surface area (Å²) >= 11 is 0. The molecule has 0 amide bonds. The van der Waals surface area contributed by atoms with Crippen molar-refractivity contribution in [2.45, 2.75) is 57.8 Å². The fourth-order valence-electron chi connectivity index (χ4n) is 2.04. The van der Waals surface area contributed by atoms with Crippen LogP contribution in [0.1, 0.15) is 40.5 Å². The molecule has 108 valence electrons. The monoisotopic (exact) mass is 279 g/mol. The third kappa shape index (κ3) is 2.42. The van der Waals surface area contributed by atoms with Crippen LogP contribution in [-0.2, 0) is 9.31 Å². The summed E-state index contributed by atoms with van der Waals surface area (Å²) in [6, 6.07) is 1.30. The molecule has 1 aromatic heterocycles. The Morgan fingerprint density at radius 1 is 1.25 bits per heavy atom. The van der Waals surface area contributed by atoms with Crippen LogP contribution in [0.3, 0.4) is 0 Å². The maximum absolute atomic E-state index is 13.3. The first-order chi connectivity index (χ1) is 9.28. The maximum atomic E-state index is 13.3. The minimum Gasteiger partial charge on any atom is -0.491 e. The van der Waals surface area contributed by atoms with Crippen LogP contribution in [0.15, 0.2) is 12.3 Å². The Balaban J connectivity index is 1.90. The smallest absolute Gasteiger partial charge is 0.491 e. The second-order valence-electron chi connectivity index (χ2n) is 6.45. The first-order valence-corrected chi connectivity index (χ1v) is 6.96. The largest absolute Gasteiger partial charge is 0.500 e. The van der Waals surface area contributed by atoms with E-state index in [9.17, 15) is 4.39 Å². The van der Waals surface area contributed by atoms with Gasteiger partial charge in [-0.3, -0.25) is 0 Å². The van der Waals surface area contributed by atoms with Crippen molar-refractivity contribution < 1.29 is 18.4 Å². The van der Waals surface area contributed by atoms with E-state index in [1.54, 1.807) is 0 Å². The van der Waals surface area contributed by atoms with Crippen LogP contribution in [0.25, 0.3) is 0 Å². The molecule has 0 N–H and O–H groups in total. The number of pyridine rings is 1. The van der Waals surface area contributed by atoms with Gasteiger partial charge in [0.25, 0.3) is 0 Å². The molecule has 0 spiro atoms. The van der Waals surface area contributed by atoms with E-state index in [-0.39, 0.29) is 6.10 Å². The van der Waals surface area contributed by atoms with E-state index in [1.807, 2.05) is 27.7 Å². The Hall–Kier alpha value is -1.14. The number of rotatable bonds is 3. The van der Waals surface area contributed by atoms with Gasteiger partial charge in [-0.1, -0.05) is 0 Å². The fourth-order valence-corrected chi connectivity index (χ4v) is 2.04. The van der Waals surface area contributed by atoms with Crippen molar-refractivity contribution in [1.29, 1.82) is 0 Å². The fraction of sp³-hybridized carbons (Fsp3) is 0.643. The van der Waals surface area contributed by atoms with E-state index in [4.69, 9.17) is 14.0 Å². The SMILES string of the molecule is CC1(C)OB(c2cnc(F)cc2OC2CC2)OC1(C)C. The number of halogens is 1. The number of hydrogen-bond donors (Lipinski definition) is 0. The Bertz CT molecular complexity index is 515. The number of nitrogens with zero attached hydrogens (tertiary/aromatic N) is 1. The minimum absolute atomic E-state index is 0.179. The molecule has 0 atom stereocenters. The van der Waals surface area contributed by atoms with E-state index < -0.39 is 24.3 Å². The molecule has 1 saturated heterocycles. The lowest BCUT2D eigenvalue weighted by atomic mass is 9.79. The highest BCUT2D eigenvalue weighted by molar-refractivity contribution is 6.63. The summed E-state index contributed by atoms with van der Waals surface area (Å²) in [5, 5.41) is 0. The molecule has 4 nitrogen and oxygen atoms in total. The highest BCUT2D eigenvalue weighted by Crippen LogP contribution is 2.37. The Morgan fingerprint density at radius 2 is 1.85 bits per heavy atom. The van der Waals surface area contributed by atoms with Gasteiger partial charge >= 0.3 is 7.12 Å². The van der Waals surface area contributed by atoms with E-state index >= 15 is 0 Å². The van der Waals surface area contributed by atoms with Gasteiger partial charge in [0.1, 0.15) is 5.75 Å². The predicted molar refractivity (Wildman–Crippen MR) is 73.6 cm³/mol. The molecule has 6 heteroatoms. The molecule has 2 aliphatic rings. The molecule has 1 aliphatic carbocycles. The molecular weight excluding hydrogens is 260 g/mol. The predicted octanol–water partition coefficient (Wildman–Crippen LogP) is 2.06. The normalized spacial score (nSPS) is 23.9. The third-order valence-corrected chi connectivity index (χ3v) is 4.19. The van der Waals surface area contributed by atoms with Crippen LogP contribution in [0.2, 0.25) is 0 Å². The molecule has 0 aromatic carbocycles. The summed E-state index contributed by atoms with van der Waals surface area (Å²) in [7, 11) is -0.582. The summed E-state index contributed by atoms with van der Waals surface area (Å²) in [6.07, 6.45) is 3.63. The lowest BCUT2D eigenvalue weighted by Gasteiger charge is -2.32. The summed E-state index contributed by atoms with van der Waals surface area (Å²) in [5.41, 5.74) is -0.233. The Morgan fingerprint density at radius 3 is 2.40 bits per heavy atom. The van der Waals surface area contributed by atoms with Crippen molar-refractivity contribution in [1.82, 2.24) is 4.98 Å². The second kappa shape index (κ2) is 4.43. The molecule has 0 unspecified atom stereocenters. The first-order valence-electron chi connectivity index (χ1n) is 6.96. The van der Waals surface area contributed by atoms with E-state index in [2.05, 4.69) is 4.98 Å². The average molecular weight is 279 g/mol. The third-order valence-electron chi connectivity index (χ3n) is 4.19. The molecule has 1 aromatic rings. The van der Waals surface area contributed by atoms with Crippen LogP contribution in [0, 0.1) is 5.95 Å². The molecule has 20 heavy (non-hydrogen) atoms. The quantitative estimate of drug-likeness (QED) is 0.627. The molecule has 1 aliphatic heterocycles. The van der Waals surface area contributed by atoms with Gasteiger partial charge in [-0.15, -0.1) is 0 Å². The molecular formula is C14H19BFNO3. The van der Waals surface area contributed by atoms with Gasteiger partial charge in [0.15, 0.2) is 0 Å². The van der Waals surface area contributed by atoms with Crippen molar-refractivity contribution in [3.8, 4) is 5.75 Å². The summed E-state index contributed by atoms with van der Waals surface area (Å²) in [5.74, 6) is -0.0839. The zero-order valence-corrected chi connectivity index (χ0v) is 12.3. The van der Waals surface area contributed by atoms with Crippen molar-refractivity contribution >= 4 is 12.6 Å². The number of aromatic nitrogens is 1. The van der Waals surface area contributed by atoms with E-state index in [0.29, 0.717) is 11.2 Å². The van der Waals surface area contributed by atoms with Gasteiger partial charge in [-0.25, -0.2) is 4.98 Å². The standard InChI is InChI=1S/C14H19BFNO3/c1-13(2)14(3,4)20-15(19-13)10-8-17-12(16)7-11(10)18-9-5-6-9/h7-9H,5-6H2,1-4H3. The lowest BCUT2D eigenvalue weighted by Crippen LogP contribution is -2.41. The van der Waals surface area contributed by atoms with Crippen LogP contribution < -0.4 is 10.2 Å². The van der Waals surface area contributed by atoms with Crippen molar-refractivity contribution in [3.63, 3.8) is 0 Å². The van der Waals surface area contributed by atoms with Crippen molar-refractivity contribution in [2.75, 3.05) is 0 Å². The molecule has 2 heterocycles. The van der Waals surface area contributed by atoms with Gasteiger partial charge in [0.05, 0.1) is 17.3 Å². The van der Waals surface area contributed by atoms with Crippen LogP contribution >= 0.6 is 0 Å². The van der Waals surface area contributed by atoms with Crippen LogP contribution in [0.4, 0.5) is 4.39 Å². The van der Waals surface area contributed by atoms with Gasteiger partial charge in [0, 0.05) is 17.7 Å². The van der Waals surface area contributed by atoms with Gasteiger partial charge in [-0.05, 0) is 40.5 Å². The second-order valence-corrected chi connectivity index (χ2v) is 6.45. The summed E-state index contributed by atoms with van der Waals surface area (Å²) < 4.78 is 31.0. The van der Waals surface area contributed by atoms with Crippen molar-refractivity contribution in [3.05, 3.63) is 18.2 Å². The average Bonchev–Trinajstić information content (AvgIpc) is 3.07. The lowest BCUT2D eigenvalue weighted by molar-refractivity contribution is 0.00578. The highest BCUT2D eigenvalue weighted by atomic mass is 19.1. The van der Waals surface area contributed by atoms with Crippen molar-refractivity contribution in [2.24, 2.45) is 0 Å². The Kier molecular flexibility index (Phi) is 3.06. The van der Waals surface area contributed by atoms with Gasteiger partial charge in [-0.2, -0.15) is 4.39 Å². The Labute approximate surface area is 118 Å². The molecule has 0 bridgehead atoms. The summed E-state index contributed by atoms with van der Waals surface area (Å²) in [4.78, 5) is 3.70. The number of ether oxygens (including phenoxy) is 1. The first kappa shape index (κ1) is 13.8. The van der Waals surface area contributed by atoms with Gasteiger partial charge < -0.3 is 14.0 Å². The van der Waals surface area contributed by atoms with Gasteiger partial charge in [0.2, 0.25) is 5.95 Å². The van der Waals surface area contributed by atoms with Crippen LogP contribution in [0.5, 0.6) is 5.75 Å². The molecule has 2 fully saturated rings. The zero-order chi connectivity index (χ0) is 14.5. The topological polar surface area (TPSA) is 40.6 Å². The van der Waals surface area contributed by atoms with E-state index in [1.165, 1.54) is 12.3 Å². The van der Waals surface area contributed by atoms with E-state index in [0.717, 1.165) is 12.8 Å². The van der Waals surface area contributed by atoms with Crippen LogP contribution in [-0.4, -0.2) is 29.4 Å². The maximum Gasteiger partial charge on any atom is 0.500 e. The summed E-state index contributed by atoms with van der Waals surface area (Å²) in [6.45, 7) is 7.91. The zero-order valence-electron chi connectivity index (χ0n) is 12.3. The molecule has 1 saturated carbocycles. The number of hydrogen-bond acceptors (Lipinski definition) is 4. The highest BCUT2D eigenvalue weighted by Gasteiger charge is 2.52. The molecule has 3 rings (SSSR count).